The number of aliphatic carboxylic acids is 1. The van der Waals surface area contributed by atoms with Crippen LogP contribution in [0.4, 0.5) is 0 Å². The van der Waals surface area contributed by atoms with Crippen LogP contribution >= 0.6 is 0 Å². The molecule has 0 fully saturated rings. The summed E-state index contributed by atoms with van der Waals surface area (Å²) in [5.41, 5.74) is -0.657. The second-order valence-corrected chi connectivity index (χ2v) is 6.33. The van der Waals surface area contributed by atoms with Crippen molar-refractivity contribution in [3.63, 3.8) is 0 Å². The highest BCUT2D eigenvalue weighted by Gasteiger charge is 2.34. The smallest absolute Gasteiger partial charge is 0.309 e. The molecule has 0 heterocycles. The Hall–Kier alpha value is -0.570. The SMILES string of the molecule is CCCCCCC(COC)CC(C)C(C)(C)C(=O)O. The topological polar surface area (TPSA) is 46.5 Å². The van der Waals surface area contributed by atoms with E-state index in [9.17, 15) is 9.90 Å². The summed E-state index contributed by atoms with van der Waals surface area (Å²) in [5, 5.41) is 9.27. The third-order valence-corrected chi connectivity index (χ3v) is 4.34. The van der Waals surface area contributed by atoms with Crippen molar-refractivity contribution in [2.45, 2.75) is 66.2 Å². The molecule has 0 amide bonds. The van der Waals surface area contributed by atoms with E-state index in [-0.39, 0.29) is 5.92 Å². The van der Waals surface area contributed by atoms with Gasteiger partial charge in [-0.1, -0.05) is 39.5 Å². The average molecular weight is 272 g/mol. The first-order valence-electron chi connectivity index (χ1n) is 7.58. The molecule has 0 spiro atoms. The average Bonchev–Trinajstić information content (AvgIpc) is 2.34. The number of carboxylic acid groups (broad SMARTS) is 1. The third kappa shape index (κ3) is 6.95. The van der Waals surface area contributed by atoms with Crippen LogP contribution in [-0.4, -0.2) is 24.8 Å². The zero-order chi connectivity index (χ0) is 14.9. The van der Waals surface area contributed by atoms with Crippen LogP contribution in [0.1, 0.15) is 66.2 Å². The number of hydrogen-bond donors (Lipinski definition) is 1. The minimum Gasteiger partial charge on any atom is -0.481 e. The molecule has 3 heteroatoms. The number of hydrogen-bond acceptors (Lipinski definition) is 2. The van der Waals surface area contributed by atoms with Crippen molar-refractivity contribution in [3.8, 4) is 0 Å². The predicted molar refractivity (Wildman–Crippen MR) is 79.3 cm³/mol. The molecule has 0 rings (SSSR count). The van der Waals surface area contributed by atoms with Gasteiger partial charge in [0.15, 0.2) is 0 Å². The molecule has 0 aromatic carbocycles. The van der Waals surface area contributed by atoms with Gasteiger partial charge in [-0.2, -0.15) is 0 Å². The van der Waals surface area contributed by atoms with Gasteiger partial charge in [0.1, 0.15) is 0 Å². The zero-order valence-corrected chi connectivity index (χ0v) is 13.4. The van der Waals surface area contributed by atoms with Crippen LogP contribution in [0.15, 0.2) is 0 Å². The van der Waals surface area contributed by atoms with Crippen molar-refractivity contribution in [1.82, 2.24) is 0 Å². The molecule has 0 aliphatic heterocycles. The molecule has 0 aromatic rings. The van der Waals surface area contributed by atoms with E-state index in [1.807, 2.05) is 20.8 Å². The summed E-state index contributed by atoms with van der Waals surface area (Å²) in [6.07, 6.45) is 7.11. The van der Waals surface area contributed by atoms with Crippen molar-refractivity contribution in [1.29, 1.82) is 0 Å². The molecule has 0 aliphatic rings. The summed E-state index contributed by atoms with van der Waals surface area (Å²) < 4.78 is 5.29. The van der Waals surface area contributed by atoms with Crippen LogP contribution < -0.4 is 0 Å². The van der Waals surface area contributed by atoms with Gasteiger partial charge in [0, 0.05) is 13.7 Å². The molecule has 0 aromatic heterocycles. The molecule has 0 radical (unpaired) electrons. The Morgan fingerprint density at radius 1 is 1.26 bits per heavy atom. The van der Waals surface area contributed by atoms with Crippen LogP contribution in [-0.2, 0) is 9.53 Å². The molecule has 3 nitrogen and oxygen atoms in total. The number of unbranched alkanes of at least 4 members (excludes halogenated alkanes) is 3. The molecule has 0 aliphatic carbocycles. The second-order valence-electron chi connectivity index (χ2n) is 6.33. The van der Waals surface area contributed by atoms with Gasteiger partial charge in [-0.3, -0.25) is 4.79 Å². The first-order chi connectivity index (χ1) is 8.86. The van der Waals surface area contributed by atoms with E-state index in [4.69, 9.17) is 4.74 Å². The van der Waals surface area contributed by atoms with Crippen LogP contribution in [0, 0.1) is 17.3 Å². The van der Waals surface area contributed by atoms with Crippen LogP contribution in [0.3, 0.4) is 0 Å². The van der Waals surface area contributed by atoms with Crippen molar-refractivity contribution in [2.24, 2.45) is 17.3 Å². The Balaban J connectivity index is 4.28. The normalized spacial score (nSPS) is 15.2. The number of carboxylic acids is 1. The second kappa shape index (κ2) is 9.35. The van der Waals surface area contributed by atoms with Gasteiger partial charge in [0.25, 0.3) is 0 Å². The standard InChI is InChI=1S/C16H32O3/c1-6-7-8-9-10-14(12-19-5)11-13(2)16(3,4)15(17)18/h13-14H,6-12H2,1-5H3,(H,17,18). The van der Waals surface area contributed by atoms with E-state index >= 15 is 0 Å². The summed E-state index contributed by atoms with van der Waals surface area (Å²) in [7, 11) is 1.73. The number of carbonyl (C=O) groups is 1. The van der Waals surface area contributed by atoms with Crippen molar-refractivity contribution in [3.05, 3.63) is 0 Å². The lowest BCUT2D eigenvalue weighted by Gasteiger charge is -2.30. The van der Waals surface area contributed by atoms with Gasteiger partial charge in [-0.15, -0.1) is 0 Å². The van der Waals surface area contributed by atoms with E-state index in [1.165, 1.54) is 25.7 Å². The van der Waals surface area contributed by atoms with E-state index in [0.717, 1.165) is 19.4 Å². The fourth-order valence-electron chi connectivity index (χ4n) is 2.37. The van der Waals surface area contributed by atoms with Gasteiger partial charge < -0.3 is 9.84 Å². The first-order valence-corrected chi connectivity index (χ1v) is 7.58. The van der Waals surface area contributed by atoms with Crippen molar-refractivity contribution < 1.29 is 14.6 Å². The summed E-state index contributed by atoms with van der Waals surface area (Å²) in [4.78, 5) is 11.3. The highest BCUT2D eigenvalue weighted by atomic mass is 16.5. The Morgan fingerprint density at radius 2 is 1.89 bits per heavy atom. The van der Waals surface area contributed by atoms with Crippen LogP contribution in [0.25, 0.3) is 0 Å². The van der Waals surface area contributed by atoms with E-state index in [0.29, 0.717) is 5.92 Å². The minimum absolute atomic E-state index is 0.163. The lowest BCUT2D eigenvalue weighted by Crippen LogP contribution is -2.33. The first kappa shape index (κ1) is 18.4. The Kier molecular flexibility index (Phi) is 9.07. The number of methoxy groups -OCH3 is 1. The number of rotatable bonds is 11. The fraction of sp³-hybridized carbons (Fsp3) is 0.938. The lowest BCUT2D eigenvalue weighted by molar-refractivity contribution is -0.150. The van der Waals surface area contributed by atoms with E-state index in [2.05, 4.69) is 6.92 Å². The van der Waals surface area contributed by atoms with E-state index < -0.39 is 11.4 Å². The molecule has 0 bridgehead atoms. The summed E-state index contributed by atoms with van der Waals surface area (Å²) >= 11 is 0. The maximum absolute atomic E-state index is 11.3. The Morgan fingerprint density at radius 3 is 2.37 bits per heavy atom. The minimum atomic E-state index is -0.706. The van der Waals surface area contributed by atoms with Gasteiger partial charge in [-0.25, -0.2) is 0 Å². The summed E-state index contributed by atoms with van der Waals surface area (Å²) in [5.74, 6) is -0.0612. The molecule has 0 saturated heterocycles. The van der Waals surface area contributed by atoms with Gasteiger partial charge in [0.2, 0.25) is 0 Å². The Labute approximate surface area is 118 Å². The molecular weight excluding hydrogens is 240 g/mol. The monoisotopic (exact) mass is 272 g/mol. The molecule has 2 atom stereocenters. The molecular formula is C16H32O3. The zero-order valence-electron chi connectivity index (χ0n) is 13.4. The summed E-state index contributed by atoms with van der Waals surface area (Å²) in [6.45, 7) is 8.64. The van der Waals surface area contributed by atoms with Crippen molar-refractivity contribution >= 4 is 5.97 Å². The summed E-state index contributed by atoms with van der Waals surface area (Å²) in [6, 6.07) is 0. The van der Waals surface area contributed by atoms with Crippen LogP contribution in [0.5, 0.6) is 0 Å². The molecule has 1 N–H and O–H groups in total. The van der Waals surface area contributed by atoms with Gasteiger partial charge in [0.05, 0.1) is 5.41 Å². The molecule has 114 valence electrons. The number of ether oxygens (including phenoxy) is 1. The van der Waals surface area contributed by atoms with Gasteiger partial charge in [-0.05, 0) is 38.5 Å². The quantitative estimate of drug-likeness (QED) is 0.569. The van der Waals surface area contributed by atoms with Crippen molar-refractivity contribution in [2.75, 3.05) is 13.7 Å². The van der Waals surface area contributed by atoms with Gasteiger partial charge >= 0.3 is 5.97 Å². The predicted octanol–water partition coefficient (Wildman–Crippen LogP) is 4.36. The maximum Gasteiger partial charge on any atom is 0.309 e. The maximum atomic E-state index is 11.3. The largest absolute Gasteiger partial charge is 0.481 e. The molecule has 2 unspecified atom stereocenters. The van der Waals surface area contributed by atoms with E-state index in [1.54, 1.807) is 7.11 Å². The fourth-order valence-corrected chi connectivity index (χ4v) is 2.37. The Bertz CT molecular complexity index is 248. The highest BCUT2D eigenvalue weighted by molar-refractivity contribution is 5.73. The third-order valence-electron chi connectivity index (χ3n) is 4.34. The lowest BCUT2D eigenvalue weighted by atomic mass is 9.75. The van der Waals surface area contributed by atoms with Crippen LogP contribution in [0.2, 0.25) is 0 Å². The molecule has 19 heavy (non-hydrogen) atoms. The molecule has 0 saturated carbocycles. The highest BCUT2D eigenvalue weighted by Crippen LogP contribution is 2.33.